The van der Waals surface area contributed by atoms with E-state index in [2.05, 4.69) is 15.9 Å². The Morgan fingerprint density at radius 2 is 2.21 bits per heavy atom. The predicted octanol–water partition coefficient (Wildman–Crippen LogP) is 4.47. The maximum absolute atomic E-state index is 13.0. The van der Waals surface area contributed by atoms with Crippen molar-refractivity contribution in [2.45, 2.75) is 29.0 Å². The highest BCUT2D eigenvalue weighted by Crippen LogP contribution is 2.43. The zero-order valence-electron chi connectivity index (χ0n) is 7.41. The zero-order chi connectivity index (χ0) is 11.0. The molecule has 0 amide bonds. The van der Waals surface area contributed by atoms with Gasteiger partial charge < -0.3 is 0 Å². The minimum Gasteiger partial charge on any atom is -0.206 e. The van der Waals surface area contributed by atoms with Crippen molar-refractivity contribution in [2.24, 2.45) is 0 Å². The van der Waals surface area contributed by atoms with Gasteiger partial charge in [0.15, 0.2) is 0 Å². The van der Waals surface area contributed by atoms with Crippen molar-refractivity contribution >= 4 is 39.1 Å². The average Bonchev–Trinajstić information content (AvgIpc) is 2.01. The third-order valence-electron chi connectivity index (χ3n) is 1.96. The Morgan fingerprint density at radius 1 is 1.64 bits per heavy atom. The Morgan fingerprint density at radius 3 is 2.64 bits per heavy atom. The molecule has 0 aromatic heterocycles. The van der Waals surface area contributed by atoms with Crippen LogP contribution in [0, 0.1) is 0 Å². The van der Waals surface area contributed by atoms with Crippen LogP contribution in [0.1, 0.15) is 13.3 Å². The lowest BCUT2D eigenvalue weighted by Gasteiger charge is -2.33. The second-order valence-corrected chi connectivity index (χ2v) is 5.50. The van der Waals surface area contributed by atoms with Crippen molar-refractivity contribution in [2.75, 3.05) is 0 Å². The summed E-state index contributed by atoms with van der Waals surface area (Å²) in [4.78, 5) is -2.28. The molecule has 0 saturated heterocycles. The number of hydrogen-bond acceptors (Lipinski definition) is 0. The van der Waals surface area contributed by atoms with Gasteiger partial charge in [-0.05, 0) is 6.08 Å². The summed E-state index contributed by atoms with van der Waals surface area (Å²) in [6.45, 7) is 0.830. The van der Waals surface area contributed by atoms with E-state index in [9.17, 15) is 8.78 Å². The molecule has 0 nitrogen and oxygen atoms in total. The number of hydrogen-bond donors (Lipinski definition) is 0. The van der Waals surface area contributed by atoms with E-state index in [1.54, 1.807) is 12.2 Å². The van der Waals surface area contributed by atoms with E-state index >= 15 is 0 Å². The summed E-state index contributed by atoms with van der Waals surface area (Å²) in [7, 11) is 0. The molecule has 0 spiro atoms. The van der Waals surface area contributed by atoms with Crippen molar-refractivity contribution in [1.29, 1.82) is 0 Å². The smallest absolute Gasteiger partial charge is 0.206 e. The Labute approximate surface area is 100 Å². The standard InChI is InChI=1S/C9H9BrCl2F2/c1-8(13,14)7(10)9(12)4-2-3-6(11)5-9/h2-4,7H,5H2,1H3. The summed E-state index contributed by atoms with van der Waals surface area (Å²) in [5, 5.41) is 0.483. The predicted molar refractivity (Wildman–Crippen MR) is 59.6 cm³/mol. The van der Waals surface area contributed by atoms with E-state index in [-0.39, 0.29) is 6.42 Å². The van der Waals surface area contributed by atoms with E-state index < -0.39 is 15.6 Å². The molecule has 0 bridgehead atoms. The summed E-state index contributed by atoms with van der Waals surface area (Å²) < 4.78 is 26.1. The molecule has 1 aliphatic rings. The van der Waals surface area contributed by atoms with E-state index in [1.165, 1.54) is 6.08 Å². The molecular weight excluding hydrogens is 297 g/mol. The van der Waals surface area contributed by atoms with Crippen LogP contribution in [0.3, 0.4) is 0 Å². The molecular formula is C9H9BrCl2F2. The molecule has 0 fully saturated rings. The average molecular weight is 306 g/mol. The van der Waals surface area contributed by atoms with Crippen LogP contribution in [-0.2, 0) is 0 Å². The summed E-state index contributed by atoms with van der Waals surface area (Å²) in [6.07, 6.45) is 5.00. The minimum atomic E-state index is -2.89. The summed E-state index contributed by atoms with van der Waals surface area (Å²) in [5.41, 5.74) is 0. The quantitative estimate of drug-likeness (QED) is 0.661. The van der Waals surface area contributed by atoms with Crippen LogP contribution < -0.4 is 0 Å². The molecule has 1 rings (SSSR count). The van der Waals surface area contributed by atoms with E-state index in [0.29, 0.717) is 5.03 Å². The molecule has 0 aromatic rings. The number of allylic oxidation sites excluding steroid dienone is 4. The molecule has 0 aromatic carbocycles. The monoisotopic (exact) mass is 304 g/mol. The molecule has 2 atom stereocenters. The van der Waals surface area contributed by atoms with Gasteiger partial charge in [0.1, 0.15) is 4.83 Å². The first-order valence-electron chi connectivity index (χ1n) is 4.00. The highest BCUT2D eigenvalue weighted by molar-refractivity contribution is 9.09. The highest BCUT2D eigenvalue weighted by Gasteiger charge is 2.47. The van der Waals surface area contributed by atoms with Gasteiger partial charge in [0.05, 0.1) is 4.87 Å². The lowest BCUT2D eigenvalue weighted by atomic mass is 9.93. The maximum Gasteiger partial charge on any atom is 0.259 e. The van der Waals surface area contributed by atoms with Crippen LogP contribution >= 0.6 is 39.1 Å². The van der Waals surface area contributed by atoms with Crippen molar-refractivity contribution in [1.82, 2.24) is 0 Å². The second-order valence-electron chi connectivity index (χ2n) is 3.40. The van der Waals surface area contributed by atoms with Crippen molar-refractivity contribution < 1.29 is 8.78 Å². The SMILES string of the molecule is CC(F)(F)C(Br)C1(Cl)C=CC=C(Cl)C1. The van der Waals surface area contributed by atoms with Gasteiger partial charge in [-0.25, -0.2) is 8.78 Å². The Kier molecular flexibility index (Phi) is 3.66. The number of rotatable bonds is 2. The van der Waals surface area contributed by atoms with Crippen LogP contribution in [0.25, 0.3) is 0 Å². The van der Waals surface area contributed by atoms with Gasteiger partial charge in [-0.2, -0.15) is 0 Å². The molecule has 0 saturated carbocycles. The summed E-state index contributed by atoms with van der Waals surface area (Å²) >= 11 is 14.7. The summed E-state index contributed by atoms with van der Waals surface area (Å²) in [5.74, 6) is -2.89. The normalized spacial score (nSPS) is 30.0. The van der Waals surface area contributed by atoms with Crippen molar-refractivity contribution in [3.05, 3.63) is 23.3 Å². The molecule has 2 unspecified atom stereocenters. The molecule has 14 heavy (non-hydrogen) atoms. The zero-order valence-corrected chi connectivity index (χ0v) is 10.5. The first kappa shape index (κ1) is 12.5. The lowest BCUT2D eigenvalue weighted by Crippen LogP contribution is -2.42. The van der Waals surface area contributed by atoms with E-state index in [0.717, 1.165) is 6.92 Å². The van der Waals surface area contributed by atoms with Crippen LogP contribution in [0.5, 0.6) is 0 Å². The molecule has 1 aliphatic carbocycles. The van der Waals surface area contributed by atoms with E-state index in [4.69, 9.17) is 23.2 Å². The van der Waals surface area contributed by atoms with Gasteiger partial charge in [-0.3, -0.25) is 0 Å². The van der Waals surface area contributed by atoms with Gasteiger partial charge in [-0.1, -0.05) is 39.7 Å². The summed E-state index contributed by atoms with van der Waals surface area (Å²) in [6, 6.07) is 0. The third kappa shape index (κ3) is 2.71. The van der Waals surface area contributed by atoms with Gasteiger partial charge >= 0.3 is 0 Å². The Balaban J connectivity index is 2.88. The molecule has 80 valence electrons. The number of halogens is 5. The molecule has 0 heterocycles. The van der Waals surface area contributed by atoms with Crippen molar-refractivity contribution in [3.63, 3.8) is 0 Å². The van der Waals surface area contributed by atoms with Gasteiger partial charge in [0, 0.05) is 18.4 Å². The fourth-order valence-corrected chi connectivity index (χ4v) is 2.37. The molecule has 0 radical (unpaired) electrons. The largest absolute Gasteiger partial charge is 0.259 e. The van der Waals surface area contributed by atoms with Crippen molar-refractivity contribution in [3.8, 4) is 0 Å². The Bertz CT molecular complexity index is 283. The Hall–Kier alpha value is 0.400. The molecule has 0 N–H and O–H groups in total. The van der Waals surface area contributed by atoms with Gasteiger partial charge in [-0.15, -0.1) is 11.6 Å². The van der Waals surface area contributed by atoms with Crippen LogP contribution in [0.15, 0.2) is 23.3 Å². The third-order valence-corrected chi connectivity index (χ3v) is 4.58. The fraction of sp³-hybridized carbons (Fsp3) is 0.556. The minimum absolute atomic E-state index is 0.214. The topological polar surface area (TPSA) is 0 Å². The second kappa shape index (κ2) is 4.11. The molecule has 0 aliphatic heterocycles. The number of alkyl halides is 4. The maximum atomic E-state index is 13.0. The first-order valence-corrected chi connectivity index (χ1v) is 5.67. The van der Waals surface area contributed by atoms with Crippen LogP contribution in [-0.4, -0.2) is 15.6 Å². The highest BCUT2D eigenvalue weighted by atomic mass is 79.9. The fourth-order valence-electron chi connectivity index (χ4n) is 1.28. The lowest BCUT2D eigenvalue weighted by molar-refractivity contribution is 0.0150. The molecule has 5 heteroatoms. The van der Waals surface area contributed by atoms with Gasteiger partial charge in [0.2, 0.25) is 0 Å². The van der Waals surface area contributed by atoms with Crippen LogP contribution in [0.2, 0.25) is 0 Å². The first-order chi connectivity index (χ1) is 6.26. The van der Waals surface area contributed by atoms with Gasteiger partial charge in [0.25, 0.3) is 5.92 Å². The van der Waals surface area contributed by atoms with E-state index in [1.807, 2.05) is 0 Å². The van der Waals surface area contributed by atoms with Crippen LogP contribution in [0.4, 0.5) is 8.78 Å².